The van der Waals surface area contributed by atoms with Crippen molar-refractivity contribution in [1.82, 2.24) is 14.5 Å². The lowest BCUT2D eigenvalue weighted by Crippen LogP contribution is -2.42. The molecule has 1 saturated heterocycles. The highest BCUT2D eigenvalue weighted by Gasteiger charge is 2.30. The van der Waals surface area contributed by atoms with Gasteiger partial charge in [-0.2, -0.15) is 5.10 Å². The van der Waals surface area contributed by atoms with Crippen molar-refractivity contribution in [3.05, 3.63) is 12.4 Å². The third kappa shape index (κ3) is 4.28. The molecule has 0 atom stereocenters. The van der Waals surface area contributed by atoms with Gasteiger partial charge in [0.25, 0.3) is 0 Å². The fourth-order valence-electron chi connectivity index (χ4n) is 2.42. The molecule has 1 fully saturated rings. The number of H-pyrrole nitrogens is 1. The molecule has 1 aromatic heterocycles. The van der Waals surface area contributed by atoms with E-state index in [1.165, 1.54) is 4.31 Å². The van der Waals surface area contributed by atoms with E-state index in [-0.39, 0.29) is 17.6 Å². The second-order valence-corrected chi connectivity index (χ2v) is 7.41. The number of amides is 1. The molecule has 1 aliphatic rings. The Hall–Kier alpha value is -1.41. The molecular weight excluding hydrogens is 292 g/mol. The molecule has 1 amide bonds. The molecule has 8 heteroatoms. The molecule has 0 bridgehead atoms. The summed E-state index contributed by atoms with van der Waals surface area (Å²) in [5.74, 6) is -0.00501. The molecule has 2 heterocycles. The van der Waals surface area contributed by atoms with Crippen molar-refractivity contribution in [3.8, 4) is 0 Å². The molecule has 21 heavy (non-hydrogen) atoms. The van der Waals surface area contributed by atoms with E-state index in [1.807, 2.05) is 6.92 Å². The first-order chi connectivity index (χ1) is 10.0. The van der Waals surface area contributed by atoms with Gasteiger partial charge in [-0.3, -0.25) is 9.89 Å². The highest BCUT2D eigenvalue weighted by atomic mass is 32.2. The van der Waals surface area contributed by atoms with Crippen LogP contribution in [0.15, 0.2) is 12.4 Å². The monoisotopic (exact) mass is 314 g/mol. The Kier molecular flexibility index (Phi) is 5.35. The zero-order chi connectivity index (χ0) is 15.3. The number of carbonyl (C=O) groups excluding carboxylic acids is 1. The van der Waals surface area contributed by atoms with Crippen LogP contribution in [0.25, 0.3) is 0 Å². The highest BCUT2D eigenvalue weighted by molar-refractivity contribution is 7.89. The SMILES string of the molecule is CCCCS(=O)(=O)N1CCC(C(=O)Nc2cn[nH]c2)CC1. The Bertz CT molecular complexity index is 548. The van der Waals surface area contributed by atoms with E-state index < -0.39 is 10.0 Å². The standard InChI is InChI=1S/C13H22N4O3S/c1-2-3-8-21(19,20)17-6-4-11(5-7-17)13(18)16-12-9-14-15-10-12/h9-11H,2-8H2,1H3,(H,14,15)(H,16,18). The Morgan fingerprint density at radius 2 is 2.19 bits per heavy atom. The van der Waals surface area contributed by atoms with E-state index in [9.17, 15) is 13.2 Å². The van der Waals surface area contributed by atoms with Gasteiger partial charge in [0.05, 0.1) is 17.6 Å². The summed E-state index contributed by atoms with van der Waals surface area (Å²) < 4.78 is 25.7. The number of sulfonamides is 1. The average Bonchev–Trinajstić information content (AvgIpc) is 2.98. The molecule has 1 aliphatic heterocycles. The number of nitrogens with zero attached hydrogens (tertiary/aromatic N) is 2. The fourth-order valence-corrected chi connectivity index (χ4v) is 4.09. The van der Waals surface area contributed by atoms with Crippen LogP contribution in [0.2, 0.25) is 0 Å². The number of aromatic nitrogens is 2. The number of nitrogens with one attached hydrogen (secondary N) is 2. The predicted molar refractivity (Wildman–Crippen MR) is 80.2 cm³/mol. The number of unbranched alkanes of at least 4 members (excludes halogenated alkanes) is 1. The van der Waals surface area contributed by atoms with Crippen LogP contribution in [0.5, 0.6) is 0 Å². The van der Waals surface area contributed by atoms with Gasteiger partial charge >= 0.3 is 0 Å². The summed E-state index contributed by atoms with van der Waals surface area (Å²) in [6.07, 6.45) is 5.83. The normalized spacial score (nSPS) is 17.8. The molecule has 118 valence electrons. The first kappa shape index (κ1) is 16.0. The maximum absolute atomic E-state index is 12.1. The van der Waals surface area contributed by atoms with Crippen molar-refractivity contribution in [2.45, 2.75) is 32.6 Å². The van der Waals surface area contributed by atoms with E-state index in [0.29, 0.717) is 38.0 Å². The van der Waals surface area contributed by atoms with Crippen LogP contribution in [-0.2, 0) is 14.8 Å². The summed E-state index contributed by atoms with van der Waals surface area (Å²) in [7, 11) is -3.16. The minimum atomic E-state index is -3.16. The van der Waals surface area contributed by atoms with Crippen LogP contribution in [-0.4, -0.2) is 47.7 Å². The zero-order valence-corrected chi connectivity index (χ0v) is 13.0. The van der Waals surface area contributed by atoms with Crippen molar-refractivity contribution in [1.29, 1.82) is 0 Å². The van der Waals surface area contributed by atoms with Crippen LogP contribution >= 0.6 is 0 Å². The number of aromatic amines is 1. The molecule has 0 aliphatic carbocycles. The fraction of sp³-hybridized carbons (Fsp3) is 0.692. The van der Waals surface area contributed by atoms with Crippen molar-refractivity contribution in [2.24, 2.45) is 5.92 Å². The van der Waals surface area contributed by atoms with Gasteiger partial charge in [0.2, 0.25) is 15.9 Å². The molecule has 7 nitrogen and oxygen atoms in total. The van der Waals surface area contributed by atoms with E-state index >= 15 is 0 Å². The van der Waals surface area contributed by atoms with Crippen LogP contribution in [0.3, 0.4) is 0 Å². The van der Waals surface area contributed by atoms with Crippen LogP contribution < -0.4 is 5.32 Å². The third-order valence-corrected chi connectivity index (χ3v) is 5.70. The second kappa shape index (κ2) is 7.04. The predicted octanol–water partition coefficient (Wildman–Crippen LogP) is 1.19. The molecule has 0 aromatic carbocycles. The molecule has 1 aromatic rings. The maximum Gasteiger partial charge on any atom is 0.227 e. The van der Waals surface area contributed by atoms with Gasteiger partial charge in [-0.15, -0.1) is 0 Å². The summed E-state index contributed by atoms with van der Waals surface area (Å²) in [6.45, 7) is 2.83. The van der Waals surface area contributed by atoms with Crippen molar-refractivity contribution in [2.75, 3.05) is 24.2 Å². The zero-order valence-electron chi connectivity index (χ0n) is 12.2. The molecule has 0 unspecified atom stereocenters. The Balaban J connectivity index is 1.84. The summed E-state index contributed by atoms with van der Waals surface area (Å²) in [4.78, 5) is 12.1. The van der Waals surface area contributed by atoms with E-state index in [4.69, 9.17) is 0 Å². The van der Waals surface area contributed by atoms with Crippen LogP contribution in [0.4, 0.5) is 5.69 Å². The van der Waals surface area contributed by atoms with E-state index in [2.05, 4.69) is 15.5 Å². The second-order valence-electron chi connectivity index (χ2n) is 5.32. The molecule has 2 rings (SSSR count). The molecule has 2 N–H and O–H groups in total. The summed E-state index contributed by atoms with van der Waals surface area (Å²) in [5.41, 5.74) is 0.637. The lowest BCUT2D eigenvalue weighted by molar-refractivity contribution is -0.120. The largest absolute Gasteiger partial charge is 0.323 e. The van der Waals surface area contributed by atoms with E-state index in [0.717, 1.165) is 6.42 Å². The minimum absolute atomic E-state index is 0.0676. The number of hydrogen-bond acceptors (Lipinski definition) is 4. The van der Waals surface area contributed by atoms with Crippen LogP contribution in [0, 0.1) is 5.92 Å². The molecule has 0 radical (unpaired) electrons. The van der Waals surface area contributed by atoms with Crippen molar-refractivity contribution < 1.29 is 13.2 Å². The quantitative estimate of drug-likeness (QED) is 0.824. The van der Waals surface area contributed by atoms with Gasteiger partial charge in [0, 0.05) is 25.2 Å². The number of rotatable bonds is 6. The lowest BCUT2D eigenvalue weighted by atomic mass is 9.97. The number of hydrogen-bond donors (Lipinski definition) is 2. The van der Waals surface area contributed by atoms with E-state index in [1.54, 1.807) is 12.4 Å². The number of carbonyl (C=O) groups is 1. The summed E-state index contributed by atoms with van der Waals surface area (Å²) in [5, 5.41) is 9.18. The van der Waals surface area contributed by atoms with Gasteiger partial charge in [0.15, 0.2) is 0 Å². The smallest absolute Gasteiger partial charge is 0.227 e. The van der Waals surface area contributed by atoms with Crippen LogP contribution in [0.1, 0.15) is 32.6 Å². The number of anilines is 1. The molecular formula is C13H22N4O3S. The molecule has 0 saturated carbocycles. The Labute approximate surface area is 125 Å². The lowest BCUT2D eigenvalue weighted by Gasteiger charge is -2.30. The first-order valence-electron chi connectivity index (χ1n) is 7.30. The van der Waals surface area contributed by atoms with Gasteiger partial charge in [-0.1, -0.05) is 13.3 Å². The highest BCUT2D eigenvalue weighted by Crippen LogP contribution is 2.21. The Morgan fingerprint density at radius 3 is 2.76 bits per heavy atom. The van der Waals surface area contributed by atoms with Crippen molar-refractivity contribution >= 4 is 21.6 Å². The first-order valence-corrected chi connectivity index (χ1v) is 8.91. The topological polar surface area (TPSA) is 95.2 Å². The van der Waals surface area contributed by atoms with Gasteiger partial charge in [-0.25, -0.2) is 12.7 Å². The van der Waals surface area contributed by atoms with Gasteiger partial charge in [0.1, 0.15) is 0 Å². The van der Waals surface area contributed by atoms with Gasteiger partial charge in [-0.05, 0) is 19.3 Å². The minimum Gasteiger partial charge on any atom is -0.323 e. The maximum atomic E-state index is 12.1. The molecule has 0 spiro atoms. The Morgan fingerprint density at radius 1 is 1.48 bits per heavy atom. The summed E-state index contributed by atoms with van der Waals surface area (Å²) >= 11 is 0. The number of piperidine rings is 1. The third-order valence-electron chi connectivity index (χ3n) is 3.74. The summed E-state index contributed by atoms with van der Waals surface area (Å²) in [6, 6.07) is 0. The van der Waals surface area contributed by atoms with Gasteiger partial charge < -0.3 is 5.32 Å². The van der Waals surface area contributed by atoms with Crippen molar-refractivity contribution in [3.63, 3.8) is 0 Å². The average molecular weight is 314 g/mol.